The first kappa shape index (κ1) is 42.8. The summed E-state index contributed by atoms with van der Waals surface area (Å²) in [4.78, 5) is 81.0. The number of halogens is 1. The van der Waals surface area contributed by atoms with E-state index in [4.69, 9.17) is 16.6 Å². The van der Waals surface area contributed by atoms with Gasteiger partial charge in [0.1, 0.15) is 22.5 Å². The van der Waals surface area contributed by atoms with E-state index in [0.717, 1.165) is 111 Å². The molecular formula is C49H58ClN9O5. The average molecular weight is 889 g/mol. The molecular weight excluding hydrogens is 830 g/mol. The van der Waals surface area contributed by atoms with Gasteiger partial charge in [0.15, 0.2) is 0 Å². The molecule has 3 aromatic heterocycles. The highest BCUT2D eigenvalue weighted by molar-refractivity contribution is 6.31. The SMILES string of the molecule is Cc1cc(N2CCN(C3CCC(CN4CCC(c5ccc6c(c5)n(C)c(=O)n6C5CCC(=O)NC5=O)CC4)CC3)CC2=O)ccc1Cc1ncc2cc(Cl)c(=O)n(C3CCCC3)c2n1. The van der Waals surface area contributed by atoms with Crippen LogP contribution in [-0.4, -0.2) is 96.5 Å². The van der Waals surface area contributed by atoms with Crippen LogP contribution in [0.2, 0.25) is 5.02 Å². The molecule has 10 rings (SSSR count). The zero-order chi connectivity index (χ0) is 44.2. The molecule has 3 amide bonds. The highest BCUT2D eigenvalue weighted by Crippen LogP contribution is 2.35. The van der Waals surface area contributed by atoms with E-state index < -0.39 is 11.9 Å². The maximum Gasteiger partial charge on any atom is 0.329 e. The maximum atomic E-state index is 13.7. The number of likely N-dealkylation sites (tertiary alicyclic amines) is 1. The predicted molar refractivity (Wildman–Crippen MR) is 247 cm³/mol. The molecule has 0 spiro atoms. The van der Waals surface area contributed by atoms with Gasteiger partial charge in [-0.2, -0.15) is 0 Å². The van der Waals surface area contributed by atoms with Crippen molar-refractivity contribution in [1.29, 1.82) is 0 Å². The fourth-order valence-corrected chi connectivity index (χ4v) is 11.8. The molecule has 2 aromatic carbocycles. The van der Waals surface area contributed by atoms with E-state index in [0.29, 0.717) is 55.3 Å². The third-order valence-electron chi connectivity index (χ3n) is 15.2. The Kier molecular flexibility index (Phi) is 11.8. The Hall–Kier alpha value is -5.18. The van der Waals surface area contributed by atoms with Gasteiger partial charge in [0.05, 0.1) is 17.6 Å². The minimum absolute atomic E-state index is 0.111. The molecule has 3 aliphatic heterocycles. The molecule has 5 aliphatic rings. The van der Waals surface area contributed by atoms with Crippen LogP contribution in [0.3, 0.4) is 0 Å². The van der Waals surface area contributed by atoms with Gasteiger partial charge in [0.2, 0.25) is 17.7 Å². The summed E-state index contributed by atoms with van der Waals surface area (Å²) in [5, 5.41) is 3.37. The van der Waals surface area contributed by atoms with Crippen molar-refractivity contribution in [3.63, 3.8) is 0 Å². The summed E-state index contributed by atoms with van der Waals surface area (Å²) in [7, 11) is 1.76. The van der Waals surface area contributed by atoms with E-state index in [1.807, 2.05) is 17.0 Å². The predicted octanol–water partition coefficient (Wildman–Crippen LogP) is 6.18. The number of nitrogens with one attached hydrogen (secondary N) is 1. The van der Waals surface area contributed by atoms with E-state index in [2.05, 4.69) is 51.3 Å². The first-order valence-corrected chi connectivity index (χ1v) is 23.8. The number of imide groups is 1. The van der Waals surface area contributed by atoms with Crippen molar-refractivity contribution < 1.29 is 14.4 Å². The van der Waals surface area contributed by atoms with Crippen LogP contribution < -0.4 is 21.5 Å². The number of benzene rings is 2. The van der Waals surface area contributed by atoms with Crippen LogP contribution >= 0.6 is 11.6 Å². The van der Waals surface area contributed by atoms with Gasteiger partial charge in [-0.15, -0.1) is 0 Å². The molecule has 1 N–H and O–H groups in total. The number of rotatable bonds is 9. The molecule has 15 heteroatoms. The third kappa shape index (κ3) is 8.21. The minimum Gasteiger partial charge on any atom is -0.310 e. The second-order valence-electron chi connectivity index (χ2n) is 19.2. The van der Waals surface area contributed by atoms with Crippen molar-refractivity contribution >= 4 is 57.1 Å². The average Bonchev–Trinajstić information content (AvgIpc) is 3.91. The first-order chi connectivity index (χ1) is 31.0. The molecule has 2 saturated carbocycles. The molecule has 2 aliphatic carbocycles. The molecule has 64 heavy (non-hydrogen) atoms. The number of hydrogen-bond donors (Lipinski definition) is 1. The lowest BCUT2D eigenvalue weighted by Crippen LogP contribution is -2.54. The van der Waals surface area contributed by atoms with E-state index in [1.54, 1.807) is 33.0 Å². The summed E-state index contributed by atoms with van der Waals surface area (Å²) < 4.78 is 4.97. The zero-order valence-corrected chi connectivity index (χ0v) is 37.7. The lowest BCUT2D eigenvalue weighted by atomic mass is 9.83. The number of imidazole rings is 1. The number of hydrogen-bond acceptors (Lipinski definition) is 9. The molecule has 1 atom stereocenters. The molecule has 1 unspecified atom stereocenters. The Balaban J connectivity index is 0.700. The van der Waals surface area contributed by atoms with Crippen LogP contribution in [-0.2, 0) is 27.9 Å². The van der Waals surface area contributed by atoms with Gasteiger partial charge in [-0.25, -0.2) is 14.8 Å². The van der Waals surface area contributed by atoms with E-state index in [-0.39, 0.29) is 40.5 Å². The van der Waals surface area contributed by atoms with E-state index >= 15 is 0 Å². The van der Waals surface area contributed by atoms with Gasteiger partial charge in [0, 0.05) is 68.9 Å². The van der Waals surface area contributed by atoms with Crippen molar-refractivity contribution in [2.24, 2.45) is 13.0 Å². The van der Waals surface area contributed by atoms with E-state index in [9.17, 15) is 24.0 Å². The van der Waals surface area contributed by atoms with Gasteiger partial charge in [-0.3, -0.25) is 43.1 Å². The lowest BCUT2D eigenvalue weighted by Gasteiger charge is -2.42. The highest BCUT2D eigenvalue weighted by atomic mass is 35.5. The molecule has 6 heterocycles. The topological polar surface area (TPSA) is 148 Å². The van der Waals surface area contributed by atoms with Crippen LogP contribution in [0.1, 0.15) is 118 Å². The van der Waals surface area contributed by atoms with Crippen molar-refractivity contribution in [3.05, 3.63) is 97.0 Å². The number of carbonyl (C=O) groups is 3. The molecule has 336 valence electrons. The Morgan fingerprint density at radius 3 is 2.31 bits per heavy atom. The van der Waals surface area contributed by atoms with E-state index in [1.165, 1.54) is 18.4 Å². The number of amides is 3. The quantitative estimate of drug-likeness (QED) is 0.172. The fraction of sp³-hybridized carbons (Fsp3) is 0.531. The maximum absolute atomic E-state index is 13.7. The molecule has 14 nitrogen and oxygen atoms in total. The van der Waals surface area contributed by atoms with Gasteiger partial charge in [0.25, 0.3) is 5.56 Å². The van der Waals surface area contributed by atoms with Crippen molar-refractivity contribution in [3.8, 4) is 0 Å². The van der Waals surface area contributed by atoms with Crippen molar-refractivity contribution in [1.82, 2.24) is 38.8 Å². The molecule has 3 saturated heterocycles. The number of carbonyl (C=O) groups excluding carboxylic acids is 3. The number of pyridine rings is 1. The Labute approximate surface area is 377 Å². The summed E-state index contributed by atoms with van der Waals surface area (Å²) in [5.41, 5.74) is 6.13. The normalized spacial score (nSPS) is 23.5. The van der Waals surface area contributed by atoms with Crippen molar-refractivity contribution in [2.75, 3.05) is 44.2 Å². The first-order valence-electron chi connectivity index (χ1n) is 23.5. The number of piperazine rings is 1. The molecule has 0 radical (unpaired) electrons. The molecule has 0 bridgehead atoms. The minimum atomic E-state index is -0.677. The van der Waals surface area contributed by atoms with Gasteiger partial charge >= 0.3 is 5.69 Å². The molecule has 5 aromatic rings. The Bertz CT molecular complexity index is 2760. The summed E-state index contributed by atoms with van der Waals surface area (Å²) >= 11 is 6.35. The second-order valence-corrected chi connectivity index (χ2v) is 19.6. The number of aryl methyl sites for hydroxylation is 2. The lowest BCUT2D eigenvalue weighted by molar-refractivity contribution is -0.135. The van der Waals surface area contributed by atoms with Crippen LogP contribution in [0.4, 0.5) is 5.69 Å². The standard InChI is InChI=1S/C49H58ClN9O5/c1-30-23-38(13-9-33(30)26-43-51-27-35-24-39(50)48(63)58(46(35)52-43)37-5-3-4-6-37)57-22-21-56(29-45(57)61)36-11-7-31(8-12-36)28-55-19-17-32(18-20-55)34-10-14-40-42(25-34)54(2)49(64)59(40)41-15-16-44(60)53-47(41)62/h9-10,13-14,23-25,27,31-32,36-37,41H,3-8,11-12,15-22,26,28-29H2,1-2H3,(H,53,60,62). The van der Waals surface area contributed by atoms with Crippen LogP contribution in [0.15, 0.2) is 58.3 Å². The highest BCUT2D eigenvalue weighted by Gasteiger charge is 2.35. The van der Waals surface area contributed by atoms with Crippen molar-refractivity contribution in [2.45, 2.75) is 114 Å². The summed E-state index contributed by atoms with van der Waals surface area (Å²) in [5.74, 6) is 1.19. The van der Waals surface area contributed by atoms with Crippen LogP contribution in [0.25, 0.3) is 22.1 Å². The summed E-state index contributed by atoms with van der Waals surface area (Å²) in [6.45, 7) is 7.29. The third-order valence-corrected chi connectivity index (χ3v) is 15.5. The summed E-state index contributed by atoms with van der Waals surface area (Å²) in [6, 6.07) is 14.0. The smallest absolute Gasteiger partial charge is 0.310 e. The number of nitrogens with zero attached hydrogens (tertiary/aromatic N) is 8. The second kappa shape index (κ2) is 17.7. The monoisotopic (exact) mass is 887 g/mol. The zero-order valence-electron chi connectivity index (χ0n) is 36.9. The number of fused-ring (bicyclic) bond motifs is 2. The molecule has 5 fully saturated rings. The Morgan fingerprint density at radius 1 is 0.797 bits per heavy atom. The van der Waals surface area contributed by atoms with Crippen LogP contribution in [0.5, 0.6) is 0 Å². The van der Waals surface area contributed by atoms with Crippen LogP contribution in [0, 0.1) is 12.8 Å². The number of anilines is 1. The van der Waals surface area contributed by atoms with Gasteiger partial charge in [-0.05, 0) is 137 Å². The largest absolute Gasteiger partial charge is 0.329 e. The number of piperidine rings is 2. The number of aromatic nitrogens is 5. The van der Waals surface area contributed by atoms with Gasteiger partial charge in [-0.1, -0.05) is 36.6 Å². The summed E-state index contributed by atoms with van der Waals surface area (Å²) in [6.07, 6.45) is 13.7. The van der Waals surface area contributed by atoms with Gasteiger partial charge < -0.3 is 9.80 Å². The fourth-order valence-electron chi connectivity index (χ4n) is 11.6. The Morgan fingerprint density at radius 2 is 1.58 bits per heavy atom.